The zero-order valence-corrected chi connectivity index (χ0v) is 7.83. The first kappa shape index (κ1) is 8.38. The van der Waals surface area contributed by atoms with Crippen molar-refractivity contribution in [2.45, 2.75) is 10.2 Å². The monoisotopic (exact) mass is 328 g/mol. The summed E-state index contributed by atoms with van der Waals surface area (Å²) in [6.45, 7) is 0. The summed E-state index contributed by atoms with van der Waals surface area (Å²) < 4.78 is 0.744. The SMILES string of the molecule is OC(O)C(I)CI. The van der Waals surface area contributed by atoms with E-state index in [1.807, 2.05) is 22.6 Å². The van der Waals surface area contributed by atoms with Crippen molar-refractivity contribution in [3.63, 3.8) is 0 Å². The van der Waals surface area contributed by atoms with Gasteiger partial charge in [0.2, 0.25) is 0 Å². The van der Waals surface area contributed by atoms with Crippen LogP contribution < -0.4 is 0 Å². The molecule has 0 rings (SSSR count). The molecule has 0 radical (unpaired) electrons. The highest BCUT2D eigenvalue weighted by atomic mass is 127. The molecule has 7 heavy (non-hydrogen) atoms. The van der Waals surface area contributed by atoms with Crippen LogP contribution in [0.25, 0.3) is 0 Å². The predicted molar refractivity (Wildman–Crippen MR) is 44.9 cm³/mol. The minimum absolute atomic E-state index is 0.0294. The molecule has 0 aliphatic rings. The molecule has 0 aromatic carbocycles. The fourth-order valence-electron chi connectivity index (χ4n) is 0.0797. The molecule has 0 bridgehead atoms. The van der Waals surface area contributed by atoms with Crippen LogP contribution in [-0.4, -0.2) is 24.9 Å². The van der Waals surface area contributed by atoms with Gasteiger partial charge in [-0.2, -0.15) is 0 Å². The van der Waals surface area contributed by atoms with E-state index in [1.165, 1.54) is 0 Å². The van der Waals surface area contributed by atoms with Crippen LogP contribution in [0.5, 0.6) is 0 Å². The lowest BCUT2D eigenvalue weighted by Gasteiger charge is -2.05. The summed E-state index contributed by atoms with van der Waals surface area (Å²) in [6, 6.07) is 0. The van der Waals surface area contributed by atoms with E-state index in [2.05, 4.69) is 22.6 Å². The van der Waals surface area contributed by atoms with Crippen LogP contribution in [0.4, 0.5) is 0 Å². The van der Waals surface area contributed by atoms with E-state index in [0.29, 0.717) is 0 Å². The second-order valence-electron chi connectivity index (χ2n) is 1.08. The van der Waals surface area contributed by atoms with Crippen LogP contribution >= 0.6 is 45.2 Å². The van der Waals surface area contributed by atoms with E-state index in [0.717, 1.165) is 4.43 Å². The van der Waals surface area contributed by atoms with E-state index in [4.69, 9.17) is 10.2 Å². The van der Waals surface area contributed by atoms with Crippen molar-refractivity contribution in [1.82, 2.24) is 0 Å². The Morgan fingerprint density at radius 2 is 1.86 bits per heavy atom. The summed E-state index contributed by atoms with van der Waals surface area (Å²) in [4.78, 5) is 0. The van der Waals surface area contributed by atoms with Crippen molar-refractivity contribution in [3.8, 4) is 0 Å². The molecule has 0 aromatic rings. The van der Waals surface area contributed by atoms with Gasteiger partial charge in [0.1, 0.15) is 0 Å². The van der Waals surface area contributed by atoms with Crippen molar-refractivity contribution >= 4 is 45.2 Å². The zero-order valence-electron chi connectivity index (χ0n) is 3.51. The number of aliphatic hydroxyl groups excluding tert-OH is 1. The highest BCUT2D eigenvalue weighted by molar-refractivity contribution is 14.1. The van der Waals surface area contributed by atoms with Gasteiger partial charge in [-0.1, -0.05) is 45.2 Å². The molecule has 0 aromatic heterocycles. The van der Waals surface area contributed by atoms with Gasteiger partial charge in [0.25, 0.3) is 0 Å². The van der Waals surface area contributed by atoms with Crippen molar-refractivity contribution in [2.24, 2.45) is 0 Å². The van der Waals surface area contributed by atoms with Crippen LogP contribution in [0, 0.1) is 0 Å². The molecule has 2 nitrogen and oxygen atoms in total. The lowest BCUT2D eigenvalue weighted by atomic mass is 10.5. The largest absolute Gasteiger partial charge is 0.367 e. The molecule has 1 unspecified atom stereocenters. The van der Waals surface area contributed by atoms with E-state index in [-0.39, 0.29) is 3.92 Å². The van der Waals surface area contributed by atoms with Gasteiger partial charge < -0.3 is 10.2 Å². The molecule has 1 atom stereocenters. The van der Waals surface area contributed by atoms with Gasteiger partial charge in [-0.15, -0.1) is 0 Å². The van der Waals surface area contributed by atoms with Crippen LogP contribution in [0.15, 0.2) is 0 Å². The third-order valence-electron chi connectivity index (χ3n) is 0.471. The second kappa shape index (κ2) is 4.28. The Balaban J connectivity index is 3.14. The lowest BCUT2D eigenvalue weighted by molar-refractivity contribution is -0.0320. The summed E-state index contributed by atoms with van der Waals surface area (Å²) in [5, 5.41) is 16.7. The maximum atomic E-state index is 8.36. The first-order chi connectivity index (χ1) is 3.18. The zero-order chi connectivity index (χ0) is 5.86. The Hall–Kier alpha value is 1.38. The molecule has 0 aliphatic heterocycles. The first-order valence-corrected chi connectivity index (χ1v) is 4.51. The Kier molecular flexibility index (Phi) is 5.12. The number of aliphatic hydroxyl groups is 2. The van der Waals surface area contributed by atoms with Gasteiger partial charge in [-0.05, 0) is 0 Å². The number of alkyl halides is 2. The van der Waals surface area contributed by atoms with Crippen molar-refractivity contribution in [3.05, 3.63) is 0 Å². The van der Waals surface area contributed by atoms with Crippen LogP contribution in [0.1, 0.15) is 0 Å². The fourth-order valence-corrected chi connectivity index (χ4v) is 0.535. The summed E-state index contributed by atoms with van der Waals surface area (Å²) in [5.41, 5.74) is 0. The van der Waals surface area contributed by atoms with Crippen molar-refractivity contribution in [1.29, 1.82) is 0 Å². The van der Waals surface area contributed by atoms with Crippen LogP contribution in [0.2, 0.25) is 0 Å². The van der Waals surface area contributed by atoms with Gasteiger partial charge in [0.15, 0.2) is 6.29 Å². The summed E-state index contributed by atoms with van der Waals surface area (Å²) in [6.07, 6.45) is -1.16. The quantitative estimate of drug-likeness (QED) is 0.441. The number of rotatable bonds is 2. The van der Waals surface area contributed by atoms with E-state index >= 15 is 0 Å². The smallest absolute Gasteiger partial charge is 0.164 e. The van der Waals surface area contributed by atoms with Gasteiger partial charge in [-0.25, -0.2) is 0 Å². The average molecular weight is 328 g/mol. The molecule has 0 saturated carbocycles. The minimum atomic E-state index is -1.16. The summed E-state index contributed by atoms with van der Waals surface area (Å²) in [7, 11) is 0. The Morgan fingerprint density at radius 3 is 1.86 bits per heavy atom. The van der Waals surface area contributed by atoms with Gasteiger partial charge in [-0.3, -0.25) is 0 Å². The molecule has 0 aliphatic carbocycles. The molecule has 0 saturated heterocycles. The number of hydrogen-bond acceptors (Lipinski definition) is 2. The summed E-state index contributed by atoms with van der Waals surface area (Å²) in [5.74, 6) is 0. The average Bonchev–Trinajstić information content (AvgIpc) is 1.65. The highest BCUT2D eigenvalue weighted by Gasteiger charge is 2.08. The summed E-state index contributed by atoms with van der Waals surface area (Å²) >= 11 is 4.09. The van der Waals surface area contributed by atoms with Gasteiger partial charge >= 0.3 is 0 Å². The Bertz CT molecular complexity index is 48.2. The van der Waals surface area contributed by atoms with E-state index < -0.39 is 6.29 Å². The maximum Gasteiger partial charge on any atom is 0.164 e. The van der Waals surface area contributed by atoms with Crippen LogP contribution in [-0.2, 0) is 0 Å². The lowest BCUT2D eigenvalue weighted by Crippen LogP contribution is -2.19. The minimum Gasteiger partial charge on any atom is -0.367 e. The van der Waals surface area contributed by atoms with Crippen molar-refractivity contribution < 1.29 is 10.2 Å². The third kappa shape index (κ3) is 3.92. The molecule has 0 spiro atoms. The number of hydrogen-bond donors (Lipinski definition) is 2. The molecule has 2 N–H and O–H groups in total. The highest BCUT2D eigenvalue weighted by Crippen LogP contribution is 2.06. The second-order valence-corrected chi connectivity index (χ2v) is 3.56. The standard InChI is InChI=1S/C3H6I2O2/c4-1-2(5)3(6)7/h2-3,6-7H,1H2. The topological polar surface area (TPSA) is 40.5 Å². The first-order valence-electron chi connectivity index (χ1n) is 1.74. The molecule has 0 amide bonds. The van der Waals surface area contributed by atoms with Crippen LogP contribution in [0.3, 0.4) is 0 Å². The fraction of sp³-hybridized carbons (Fsp3) is 1.00. The van der Waals surface area contributed by atoms with E-state index in [1.54, 1.807) is 0 Å². The van der Waals surface area contributed by atoms with Gasteiger partial charge in [0.05, 0.1) is 3.92 Å². The Morgan fingerprint density at radius 1 is 1.43 bits per heavy atom. The van der Waals surface area contributed by atoms with Crippen molar-refractivity contribution in [2.75, 3.05) is 4.43 Å². The molecule has 0 fully saturated rings. The van der Waals surface area contributed by atoms with E-state index in [9.17, 15) is 0 Å². The molecular weight excluding hydrogens is 322 g/mol. The molecule has 4 heteroatoms. The normalized spacial score (nSPS) is 15.0. The molecule has 44 valence electrons. The molecular formula is C3H6I2O2. The van der Waals surface area contributed by atoms with Gasteiger partial charge in [0, 0.05) is 4.43 Å². The molecule has 0 heterocycles. The number of halogens is 2. The Labute approximate surface area is 69.6 Å². The maximum absolute atomic E-state index is 8.36. The predicted octanol–water partition coefficient (Wildman–Crippen LogP) is 0.536. The third-order valence-corrected chi connectivity index (χ3v) is 4.19.